The predicted molar refractivity (Wildman–Crippen MR) is 93.2 cm³/mol. The van der Waals surface area contributed by atoms with Gasteiger partial charge in [-0.05, 0) is 35.7 Å². The topological polar surface area (TPSA) is 97.5 Å². The Labute approximate surface area is 146 Å². The molecule has 3 rings (SSSR count). The Balaban J connectivity index is 1.95. The van der Waals surface area contributed by atoms with Crippen molar-refractivity contribution in [2.45, 2.75) is 0 Å². The van der Waals surface area contributed by atoms with E-state index in [1.165, 1.54) is 43.8 Å². The maximum atomic E-state index is 12.5. The van der Waals surface area contributed by atoms with Crippen molar-refractivity contribution in [3.8, 4) is 0 Å². The molecule has 0 unspecified atom stereocenters. The number of fused-ring (bicyclic) bond motifs is 1. The Bertz CT molecular complexity index is 944. The van der Waals surface area contributed by atoms with Gasteiger partial charge in [0.2, 0.25) is 0 Å². The molecule has 1 aromatic carbocycles. The van der Waals surface area contributed by atoms with Crippen LogP contribution >= 0.6 is 11.3 Å². The van der Waals surface area contributed by atoms with E-state index in [1.54, 1.807) is 6.07 Å². The zero-order chi connectivity index (χ0) is 18.0. The molecule has 2 heterocycles. The predicted octanol–water partition coefficient (Wildman–Crippen LogP) is 3.05. The molecular formula is C17H14N2O5S. The number of nitrogens with one attached hydrogen (secondary N) is 2. The number of carbonyl (C=O) groups excluding carboxylic acids is 3. The number of anilines is 1. The number of hydrogen-bond donors (Lipinski definition) is 2. The molecule has 2 N–H and O–H groups in total. The number of carbonyl (C=O) groups is 3. The number of hydrogen-bond acceptors (Lipinski definition) is 6. The van der Waals surface area contributed by atoms with E-state index in [1.807, 2.05) is 11.4 Å². The van der Waals surface area contributed by atoms with Gasteiger partial charge in [-0.15, -0.1) is 11.3 Å². The van der Waals surface area contributed by atoms with E-state index >= 15 is 0 Å². The van der Waals surface area contributed by atoms with E-state index in [4.69, 9.17) is 4.74 Å². The third kappa shape index (κ3) is 3.24. The zero-order valence-electron chi connectivity index (χ0n) is 13.4. The number of esters is 2. The molecule has 0 saturated carbocycles. The first-order valence-electron chi connectivity index (χ1n) is 7.21. The highest BCUT2D eigenvalue weighted by molar-refractivity contribution is 7.17. The first-order chi connectivity index (χ1) is 12.0. The van der Waals surface area contributed by atoms with Gasteiger partial charge in [0, 0.05) is 0 Å². The fraction of sp³-hybridized carbons (Fsp3) is 0.118. The Morgan fingerprint density at radius 1 is 1.04 bits per heavy atom. The molecule has 0 aliphatic rings. The van der Waals surface area contributed by atoms with E-state index in [0.29, 0.717) is 5.69 Å². The summed E-state index contributed by atoms with van der Waals surface area (Å²) in [4.78, 5) is 39.1. The smallest absolute Gasteiger partial charge is 0.339 e. The van der Waals surface area contributed by atoms with Gasteiger partial charge in [0.25, 0.3) is 5.91 Å². The molecule has 0 radical (unpaired) electrons. The quantitative estimate of drug-likeness (QED) is 0.699. The molecule has 0 aliphatic carbocycles. The largest absolute Gasteiger partial charge is 0.465 e. The van der Waals surface area contributed by atoms with Crippen LogP contribution in [0.4, 0.5) is 5.69 Å². The number of H-pyrrole nitrogens is 1. The summed E-state index contributed by atoms with van der Waals surface area (Å²) in [6.07, 6.45) is 0. The maximum absolute atomic E-state index is 12.5. The summed E-state index contributed by atoms with van der Waals surface area (Å²) in [6.45, 7) is 0. The van der Waals surface area contributed by atoms with Crippen LogP contribution < -0.4 is 5.32 Å². The average molecular weight is 358 g/mol. The van der Waals surface area contributed by atoms with E-state index in [-0.39, 0.29) is 16.8 Å². The van der Waals surface area contributed by atoms with Crippen LogP contribution in [-0.2, 0) is 9.47 Å². The van der Waals surface area contributed by atoms with Crippen LogP contribution in [0.15, 0.2) is 35.7 Å². The van der Waals surface area contributed by atoms with Crippen LogP contribution in [0.5, 0.6) is 0 Å². The molecule has 0 atom stereocenters. The van der Waals surface area contributed by atoms with E-state index in [0.717, 1.165) is 10.2 Å². The van der Waals surface area contributed by atoms with Crippen LogP contribution in [0.1, 0.15) is 31.2 Å². The molecule has 8 heteroatoms. The standard InChI is InChI=1S/C17H14N2O5S/c1-23-16(21)9-3-4-10(17(22)24-2)12(7-9)19-15(20)13-8-14-11(18-13)5-6-25-14/h3-8,18H,1-2H3,(H,19,20). The third-order valence-electron chi connectivity index (χ3n) is 3.58. The Morgan fingerprint density at radius 3 is 2.48 bits per heavy atom. The van der Waals surface area contributed by atoms with Crippen molar-refractivity contribution in [1.29, 1.82) is 0 Å². The first-order valence-corrected chi connectivity index (χ1v) is 8.09. The van der Waals surface area contributed by atoms with Gasteiger partial charge in [-0.1, -0.05) is 0 Å². The summed E-state index contributed by atoms with van der Waals surface area (Å²) in [7, 11) is 2.49. The molecule has 0 fully saturated rings. The molecule has 7 nitrogen and oxygen atoms in total. The summed E-state index contributed by atoms with van der Waals surface area (Å²) in [5.74, 6) is -1.64. The first kappa shape index (κ1) is 16.7. The minimum Gasteiger partial charge on any atom is -0.465 e. The number of aromatic amines is 1. The van der Waals surface area contributed by atoms with Crippen molar-refractivity contribution in [2.24, 2.45) is 0 Å². The van der Waals surface area contributed by atoms with Gasteiger partial charge in [0.1, 0.15) is 5.69 Å². The lowest BCUT2D eigenvalue weighted by molar-refractivity contribution is 0.0587. The number of amides is 1. The molecule has 25 heavy (non-hydrogen) atoms. The number of benzene rings is 1. The number of ether oxygens (including phenoxy) is 2. The summed E-state index contributed by atoms with van der Waals surface area (Å²) < 4.78 is 10.3. The minimum atomic E-state index is -0.626. The van der Waals surface area contributed by atoms with Gasteiger partial charge in [-0.3, -0.25) is 4.79 Å². The monoisotopic (exact) mass is 358 g/mol. The fourth-order valence-corrected chi connectivity index (χ4v) is 3.12. The molecule has 0 spiro atoms. The number of thiophene rings is 1. The summed E-state index contributed by atoms with van der Waals surface area (Å²) in [6, 6.07) is 7.80. The second-order valence-electron chi connectivity index (χ2n) is 5.08. The van der Waals surface area contributed by atoms with Crippen molar-refractivity contribution in [3.63, 3.8) is 0 Å². The lowest BCUT2D eigenvalue weighted by Crippen LogP contribution is -2.16. The van der Waals surface area contributed by atoms with Crippen LogP contribution in [0.3, 0.4) is 0 Å². The lowest BCUT2D eigenvalue weighted by atomic mass is 10.1. The Kier molecular flexibility index (Phi) is 4.53. The van der Waals surface area contributed by atoms with E-state index in [9.17, 15) is 14.4 Å². The highest BCUT2D eigenvalue weighted by Crippen LogP contribution is 2.24. The van der Waals surface area contributed by atoms with Crippen molar-refractivity contribution in [1.82, 2.24) is 4.98 Å². The highest BCUT2D eigenvalue weighted by Gasteiger charge is 2.19. The van der Waals surface area contributed by atoms with Crippen LogP contribution in [0.2, 0.25) is 0 Å². The fourth-order valence-electron chi connectivity index (χ4n) is 2.34. The van der Waals surface area contributed by atoms with Gasteiger partial charge >= 0.3 is 11.9 Å². The second-order valence-corrected chi connectivity index (χ2v) is 6.03. The van der Waals surface area contributed by atoms with Crippen molar-refractivity contribution < 1.29 is 23.9 Å². The molecule has 0 aliphatic heterocycles. The summed E-state index contributed by atoms with van der Waals surface area (Å²) >= 11 is 1.51. The van der Waals surface area contributed by atoms with E-state index in [2.05, 4.69) is 15.0 Å². The molecule has 3 aromatic rings. The number of aromatic nitrogens is 1. The van der Waals surface area contributed by atoms with Gasteiger partial charge in [0.15, 0.2) is 0 Å². The number of rotatable bonds is 4. The van der Waals surface area contributed by atoms with Crippen molar-refractivity contribution in [3.05, 3.63) is 52.5 Å². The second kappa shape index (κ2) is 6.78. The molecule has 0 saturated heterocycles. The minimum absolute atomic E-state index is 0.136. The molecule has 2 aromatic heterocycles. The normalized spacial score (nSPS) is 10.5. The van der Waals surface area contributed by atoms with Crippen molar-refractivity contribution in [2.75, 3.05) is 19.5 Å². The Hall–Kier alpha value is -3.13. The maximum Gasteiger partial charge on any atom is 0.339 e. The lowest BCUT2D eigenvalue weighted by Gasteiger charge is -2.11. The number of methoxy groups -OCH3 is 2. The van der Waals surface area contributed by atoms with Crippen LogP contribution in [0.25, 0.3) is 10.2 Å². The zero-order valence-corrected chi connectivity index (χ0v) is 14.2. The van der Waals surface area contributed by atoms with Gasteiger partial charge in [-0.25, -0.2) is 9.59 Å². The van der Waals surface area contributed by atoms with Crippen LogP contribution in [-0.4, -0.2) is 37.0 Å². The molecular weight excluding hydrogens is 344 g/mol. The Morgan fingerprint density at radius 2 is 1.80 bits per heavy atom. The average Bonchev–Trinajstić information content (AvgIpc) is 3.22. The van der Waals surface area contributed by atoms with Gasteiger partial charge in [0.05, 0.1) is 41.3 Å². The van der Waals surface area contributed by atoms with Gasteiger partial charge < -0.3 is 19.8 Å². The summed E-state index contributed by atoms with van der Waals surface area (Å²) in [5.41, 5.74) is 1.71. The van der Waals surface area contributed by atoms with Gasteiger partial charge in [-0.2, -0.15) is 0 Å². The summed E-state index contributed by atoms with van der Waals surface area (Å²) in [5, 5.41) is 4.55. The molecule has 128 valence electrons. The SMILES string of the molecule is COC(=O)c1ccc(C(=O)OC)c(NC(=O)c2cc3sccc3[nH]2)c1. The third-order valence-corrected chi connectivity index (χ3v) is 4.44. The molecule has 0 bridgehead atoms. The highest BCUT2D eigenvalue weighted by atomic mass is 32.1. The molecule has 1 amide bonds. The van der Waals surface area contributed by atoms with Crippen molar-refractivity contribution >= 4 is 45.1 Å². The van der Waals surface area contributed by atoms with Crippen LogP contribution in [0, 0.1) is 0 Å². The van der Waals surface area contributed by atoms with E-state index < -0.39 is 17.8 Å².